The molecule has 0 fully saturated rings. The summed E-state index contributed by atoms with van der Waals surface area (Å²) in [6, 6.07) is 9.39. The summed E-state index contributed by atoms with van der Waals surface area (Å²) in [6.45, 7) is 1.65. The number of carbonyl (C=O) groups is 1. The van der Waals surface area contributed by atoms with Crippen molar-refractivity contribution in [3.05, 3.63) is 48.7 Å². The average Bonchev–Trinajstić information content (AvgIpc) is 2.87. The Hall–Kier alpha value is -2.98. The Labute approximate surface area is 143 Å². The minimum atomic E-state index is -4.30. The van der Waals surface area contributed by atoms with Gasteiger partial charge in [-0.1, -0.05) is 6.07 Å². The first-order valence-electron chi connectivity index (χ1n) is 7.15. The third kappa shape index (κ3) is 3.59. The monoisotopic (exact) mass is 359 g/mol. The van der Waals surface area contributed by atoms with Gasteiger partial charge in [-0.3, -0.25) is 9.35 Å². The Morgan fingerprint density at radius 3 is 2.48 bits per heavy atom. The molecular weight excluding hydrogens is 346 g/mol. The van der Waals surface area contributed by atoms with E-state index >= 15 is 0 Å². The summed E-state index contributed by atoms with van der Waals surface area (Å²) in [7, 11) is -4.30. The fourth-order valence-electron chi connectivity index (χ4n) is 2.16. The summed E-state index contributed by atoms with van der Waals surface area (Å²) in [4.78, 5) is 16.2. The fourth-order valence-corrected chi connectivity index (χ4v) is 2.64. The molecule has 1 aliphatic rings. The zero-order chi connectivity index (χ0) is 18.0. The standard InChI is InChI=1S/C15H13N5O4S/c1-10-14(18-17-13-4-2-3-9-16-13)15(21)20(19-10)11-5-7-12(8-6-11)25(22,23)24/h2-9,14H,1H3,(H,22,23,24)/b18-17+. The van der Waals surface area contributed by atoms with Gasteiger partial charge in [-0.2, -0.15) is 23.6 Å². The molecule has 1 amide bonds. The molecule has 2 aromatic rings. The highest BCUT2D eigenvalue weighted by atomic mass is 32.2. The predicted octanol–water partition coefficient (Wildman–Crippen LogP) is 2.20. The Morgan fingerprint density at radius 1 is 1.16 bits per heavy atom. The van der Waals surface area contributed by atoms with Gasteiger partial charge in [-0.05, 0) is 43.3 Å². The SMILES string of the molecule is CC1=NN(c2ccc(S(=O)(=O)O)cc2)C(=O)C1/N=N/c1ccccn1. The highest BCUT2D eigenvalue weighted by Gasteiger charge is 2.34. The van der Waals surface area contributed by atoms with E-state index < -0.39 is 22.1 Å². The van der Waals surface area contributed by atoms with E-state index in [1.807, 2.05) is 0 Å². The van der Waals surface area contributed by atoms with E-state index in [1.165, 1.54) is 24.3 Å². The number of hydrogen-bond acceptors (Lipinski definition) is 7. The van der Waals surface area contributed by atoms with Crippen LogP contribution < -0.4 is 5.01 Å². The molecule has 1 aromatic heterocycles. The third-order valence-corrected chi connectivity index (χ3v) is 4.27. The first-order chi connectivity index (χ1) is 11.9. The lowest BCUT2D eigenvalue weighted by Crippen LogP contribution is -2.29. The zero-order valence-electron chi connectivity index (χ0n) is 13.0. The second-order valence-corrected chi connectivity index (χ2v) is 6.59. The summed E-state index contributed by atoms with van der Waals surface area (Å²) in [5.41, 5.74) is 0.802. The Kier molecular flexibility index (Phi) is 4.38. The average molecular weight is 359 g/mol. The summed E-state index contributed by atoms with van der Waals surface area (Å²) >= 11 is 0. The Balaban J connectivity index is 1.81. The molecule has 3 rings (SSSR count). The summed E-state index contributed by atoms with van der Waals surface area (Å²) in [6.07, 6.45) is 1.56. The molecular formula is C15H13N5O4S. The van der Waals surface area contributed by atoms with Gasteiger partial charge in [0.2, 0.25) is 0 Å². The van der Waals surface area contributed by atoms with Crippen molar-refractivity contribution in [3.63, 3.8) is 0 Å². The van der Waals surface area contributed by atoms with Gasteiger partial charge in [0, 0.05) is 6.20 Å². The van der Waals surface area contributed by atoms with Crippen LogP contribution in [0, 0.1) is 0 Å². The molecule has 0 saturated carbocycles. The molecule has 0 aliphatic carbocycles. The van der Waals surface area contributed by atoms with Crippen LogP contribution in [0.3, 0.4) is 0 Å². The quantitative estimate of drug-likeness (QED) is 0.662. The minimum Gasteiger partial charge on any atom is -0.282 e. The molecule has 1 aliphatic heterocycles. The van der Waals surface area contributed by atoms with Crippen molar-refractivity contribution in [2.24, 2.45) is 15.3 Å². The lowest BCUT2D eigenvalue weighted by atomic mass is 10.2. The van der Waals surface area contributed by atoms with E-state index in [0.29, 0.717) is 17.2 Å². The lowest BCUT2D eigenvalue weighted by Gasteiger charge is -2.12. The number of aromatic nitrogens is 1. The number of rotatable bonds is 4. The second kappa shape index (κ2) is 6.49. The number of hydrazone groups is 1. The highest BCUT2D eigenvalue weighted by molar-refractivity contribution is 7.85. The van der Waals surface area contributed by atoms with Gasteiger partial charge in [0.1, 0.15) is 0 Å². The first-order valence-corrected chi connectivity index (χ1v) is 8.59. The Morgan fingerprint density at radius 2 is 1.88 bits per heavy atom. The third-order valence-electron chi connectivity index (χ3n) is 3.40. The molecule has 0 bridgehead atoms. The maximum Gasteiger partial charge on any atom is 0.294 e. The van der Waals surface area contributed by atoms with Crippen molar-refractivity contribution >= 4 is 33.2 Å². The molecule has 128 valence electrons. The molecule has 2 heterocycles. The van der Waals surface area contributed by atoms with Crippen LogP contribution >= 0.6 is 0 Å². The Bertz CT molecular complexity index is 955. The minimum absolute atomic E-state index is 0.269. The number of azo groups is 1. The van der Waals surface area contributed by atoms with Crippen LogP contribution in [0.2, 0.25) is 0 Å². The van der Waals surface area contributed by atoms with Crippen molar-refractivity contribution in [1.82, 2.24) is 4.98 Å². The van der Waals surface area contributed by atoms with E-state index in [4.69, 9.17) is 4.55 Å². The van der Waals surface area contributed by atoms with Gasteiger partial charge in [-0.15, -0.1) is 5.11 Å². The predicted molar refractivity (Wildman–Crippen MR) is 89.4 cm³/mol. The molecule has 1 unspecified atom stereocenters. The largest absolute Gasteiger partial charge is 0.294 e. The van der Waals surface area contributed by atoms with Crippen LogP contribution in [-0.2, 0) is 14.9 Å². The van der Waals surface area contributed by atoms with Crippen LogP contribution in [-0.4, -0.2) is 35.6 Å². The maximum atomic E-state index is 12.5. The lowest BCUT2D eigenvalue weighted by molar-refractivity contribution is -0.117. The van der Waals surface area contributed by atoms with Crippen molar-refractivity contribution in [2.45, 2.75) is 17.9 Å². The van der Waals surface area contributed by atoms with Gasteiger partial charge < -0.3 is 0 Å². The number of nitrogens with zero attached hydrogens (tertiary/aromatic N) is 5. The van der Waals surface area contributed by atoms with Gasteiger partial charge in [-0.25, -0.2) is 4.98 Å². The molecule has 1 atom stereocenters. The van der Waals surface area contributed by atoms with Gasteiger partial charge >= 0.3 is 0 Å². The summed E-state index contributed by atoms with van der Waals surface area (Å²) in [5.74, 6) is -0.0455. The molecule has 10 heteroatoms. The molecule has 9 nitrogen and oxygen atoms in total. The number of anilines is 1. The van der Waals surface area contributed by atoms with Gasteiger partial charge in [0.05, 0.1) is 16.3 Å². The molecule has 0 saturated heterocycles. The number of benzene rings is 1. The smallest absolute Gasteiger partial charge is 0.282 e. The van der Waals surface area contributed by atoms with Gasteiger partial charge in [0.15, 0.2) is 11.9 Å². The summed E-state index contributed by atoms with van der Waals surface area (Å²) in [5, 5.41) is 13.2. The number of pyridine rings is 1. The van der Waals surface area contributed by atoms with Crippen molar-refractivity contribution in [3.8, 4) is 0 Å². The maximum absolute atomic E-state index is 12.5. The number of amides is 1. The van der Waals surface area contributed by atoms with E-state index in [0.717, 1.165) is 5.01 Å². The fraction of sp³-hybridized carbons (Fsp3) is 0.133. The first kappa shape index (κ1) is 16.9. The van der Waals surface area contributed by atoms with E-state index in [1.54, 1.807) is 31.3 Å². The number of carbonyl (C=O) groups excluding carboxylic acids is 1. The summed E-state index contributed by atoms with van der Waals surface area (Å²) < 4.78 is 31.1. The molecule has 25 heavy (non-hydrogen) atoms. The zero-order valence-corrected chi connectivity index (χ0v) is 13.8. The van der Waals surface area contributed by atoms with E-state index in [2.05, 4.69) is 20.3 Å². The topological polar surface area (TPSA) is 125 Å². The highest BCUT2D eigenvalue weighted by Crippen LogP contribution is 2.24. The number of hydrogen-bond donors (Lipinski definition) is 1. The van der Waals surface area contributed by atoms with Gasteiger partial charge in [0.25, 0.3) is 16.0 Å². The molecule has 1 aromatic carbocycles. The normalized spacial score (nSPS) is 18.0. The molecule has 0 radical (unpaired) electrons. The van der Waals surface area contributed by atoms with Crippen LogP contribution in [0.25, 0.3) is 0 Å². The van der Waals surface area contributed by atoms with Crippen molar-refractivity contribution in [1.29, 1.82) is 0 Å². The molecule has 1 N–H and O–H groups in total. The second-order valence-electron chi connectivity index (χ2n) is 5.17. The van der Waals surface area contributed by atoms with E-state index in [9.17, 15) is 13.2 Å². The van der Waals surface area contributed by atoms with Crippen LogP contribution in [0.1, 0.15) is 6.92 Å². The van der Waals surface area contributed by atoms with Crippen molar-refractivity contribution in [2.75, 3.05) is 5.01 Å². The van der Waals surface area contributed by atoms with Crippen LogP contribution in [0.5, 0.6) is 0 Å². The van der Waals surface area contributed by atoms with Crippen molar-refractivity contribution < 1.29 is 17.8 Å². The van der Waals surface area contributed by atoms with Crippen LogP contribution in [0.15, 0.2) is 68.9 Å². The van der Waals surface area contributed by atoms with Crippen LogP contribution in [0.4, 0.5) is 11.5 Å². The molecule has 0 spiro atoms. The van der Waals surface area contributed by atoms with E-state index in [-0.39, 0.29) is 4.90 Å².